The van der Waals surface area contributed by atoms with Gasteiger partial charge in [0.1, 0.15) is 12.0 Å². The van der Waals surface area contributed by atoms with E-state index < -0.39 is 5.92 Å². The molecule has 1 fully saturated rings. The minimum absolute atomic E-state index is 0.421. The highest BCUT2D eigenvalue weighted by molar-refractivity contribution is 6.32. The van der Waals surface area contributed by atoms with Gasteiger partial charge in [0.2, 0.25) is 0 Å². The van der Waals surface area contributed by atoms with E-state index in [9.17, 15) is 5.26 Å². The molecule has 1 aromatic heterocycles. The highest BCUT2D eigenvalue weighted by Gasteiger charge is 2.19. The summed E-state index contributed by atoms with van der Waals surface area (Å²) in [5.41, 5.74) is 9.97. The number of aromatic nitrogens is 2. The predicted molar refractivity (Wildman–Crippen MR) is 141 cm³/mol. The summed E-state index contributed by atoms with van der Waals surface area (Å²) >= 11 is 12.6. The zero-order valence-electron chi connectivity index (χ0n) is 19.4. The van der Waals surface area contributed by atoms with E-state index in [2.05, 4.69) is 31.6 Å². The Morgan fingerprint density at radius 3 is 2.57 bits per heavy atom. The quantitative estimate of drug-likeness (QED) is 0.394. The number of hydrogen-bond donors (Lipinski definition) is 3. The van der Waals surface area contributed by atoms with Crippen molar-refractivity contribution in [2.24, 2.45) is 0 Å². The molecule has 2 heterocycles. The van der Waals surface area contributed by atoms with Gasteiger partial charge in [0.05, 0.1) is 25.2 Å². The molecule has 182 valence electrons. The second kappa shape index (κ2) is 11.6. The Bertz CT molecular complexity index is 1210. The van der Waals surface area contributed by atoms with Crippen molar-refractivity contribution >= 4 is 46.2 Å². The number of nitrogens with two attached hydrogens (primary N) is 1. The topological polar surface area (TPSA) is 112 Å². The molecule has 10 heteroatoms. The molecule has 1 saturated heterocycles. The summed E-state index contributed by atoms with van der Waals surface area (Å²) in [7, 11) is 0. The number of aryl methyl sites for hydroxylation is 1. The number of anilines is 4. The first-order chi connectivity index (χ1) is 17.0. The van der Waals surface area contributed by atoms with E-state index in [1.165, 1.54) is 6.33 Å². The van der Waals surface area contributed by atoms with Crippen molar-refractivity contribution < 1.29 is 4.74 Å². The molecular weight excluding hydrogens is 485 g/mol. The van der Waals surface area contributed by atoms with Crippen LogP contribution in [0, 0.1) is 18.3 Å². The molecule has 8 nitrogen and oxygen atoms in total. The molecule has 2 aromatic carbocycles. The van der Waals surface area contributed by atoms with Crippen LogP contribution in [0.5, 0.6) is 0 Å². The van der Waals surface area contributed by atoms with Gasteiger partial charge in [-0.25, -0.2) is 9.97 Å². The normalized spacial score (nSPS) is 14.8. The van der Waals surface area contributed by atoms with Gasteiger partial charge in [0.15, 0.2) is 11.6 Å². The van der Waals surface area contributed by atoms with Crippen LogP contribution in [0.25, 0.3) is 0 Å². The van der Waals surface area contributed by atoms with Gasteiger partial charge in [-0.05, 0) is 41.8 Å². The third kappa shape index (κ3) is 6.13. The van der Waals surface area contributed by atoms with E-state index in [0.29, 0.717) is 33.9 Å². The second-order valence-electron chi connectivity index (χ2n) is 8.29. The van der Waals surface area contributed by atoms with Gasteiger partial charge in [-0.1, -0.05) is 41.4 Å². The summed E-state index contributed by atoms with van der Waals surface area (Å²) in [6.07, 6.45) is 1.47. The molecule has 0 amide bonds. The fourth-order valence-corrected chi connectivity index (χ4v) is 4.36. The molecule has 4 N–H and O–H groups in total. The van der Waals surface area contributed by atoms with Crippen LogP contribution in [0.15, 0.2) is 42.7 Å². The number of nitrogens with zero attached hydrogens (tertiary/aromatic N) is 4. The Kier molecular flexibility index (Phi) is 8.26. The van der Waals surface area contributed by atoms with Gasteiger partial charge in [-0.15, -0.1) is 0 Å². The molecule has 1 atom stereocenters. The third-order valence-electron chi connectivity index (χ3n) is 5.95. The van der Waals surface area contributed by atoms with Crippen molar-refractivity contribution in [3.8, 4) is 6.07 Å². The van der Waals surface area contributed by atoms with Crippen LogP contribution in [-0.2, 0) is 4.74 Å². The van der Waals surface area contributed by atoms with E-state index in [4.69, 9.17) is 33.7 Å². The van der Waals surface area contributed by atoms with E-state index >= 15 is 0 Å². The molecule has 0 radical (unpaired) electrons. The number of benzene rings is 2. The lowest BCUT2D eigenvalue weighted by atomic mass is 9.91. The average Bonchev–Trinajstić information content (AvgIpc) is 2.86. The van der Waals surface area contributed by atoms with Crippen LogP contribution in [0.3, 0.4) is 0 Å². The summed E-state index contributed by atoms with van der Waals surface area (Å²) in [5.74, 6) is 0.539. The van der Waals surface area contributed by atoms with E-state index in [-0.39, 0.29) is 0 Å². The molecule has 0 saturated carbocycles. The Balaban J connectivity index is 1.49. The van der Waals surface area contributed by atoms with Crippen molar-refractivity contribution in [1.29, 1.82) is 5.26 Å². The van der Waals surface area contributed by atoms with Crippen LogP contribution in [0.2, 0.25) is 10.0 Å². The van der Waals surface area contributed by atoms with Crippen molar-refractivity contribution in [1.82, 2.24) is 14.9 Å². The SMILES string of the molecule is Cc1cc(C(C#N)c2ccc(Cl)cc2)c(Cl)cc1Nc1ncnc(NCCN2CCOCC2)c1N. The first-order valence-corrected chi connectivity index (χ1v) is 12.1. The zero-order valence-corrected chi connectivity index (χ0v) is 20.9. The zero-order chi connectivity index (χ0) is 24.8. The lowest BCUT2D eigenvalue weighted by Crippen LogP contribution is -2.39. The number of rotatable bonds is 8. The number of nitrogen functional groups attached to an aromatic ring is 1. The molecule has 0 aliphatic carbocycles. The van der Waals surface area contributed by atoms with Crippen molar-refractivity contribution in [2.75, 3.05) is 55.8 Å². The second-order valence-corrected chi connectivity index (χ2v) is 9.14. The third-order valence-corrected chi connectivity index (χ3v) is 6.53. The van der Waals surface area contributed by atoms with Gasteiger partial charge in [0.25, 0.3) is 0 Å². The van der Waals surface area contributed by atoms with Crippen LogP contribution >= 0.6 is 23.2 Å². The van der Waals surface area contributed by atoms with E-state index in [1.54, 1.807) is 18.2 Å². The Morgan fingerprint density at radius 2 is 1.86 bits per heavy atom. The maximum absolute atomic E-state index is 9.84. The van der Waals surface area contributed by atoms with Crippen LogP contribution in [-0.4, -0.2) is 54.3 Å². The Labute approximate surface area is 215 Å². The van der Waals surface area contributed by atoms with Crippen molar-refractivity contribution in [3.63, 3.8) is 0 Å². The van der Waals surface area contributed by atoms with E-state index in [1.807, 2.05) is 25.1 Å². The number of ether oxygens (including phenoxy) is 1. The lowest BCUT2D eigenvalue weighted by Gasteiger charge is -2.26. The van der Waals surface area contributed by atoms with Gasteiger partial charge < -0.3 is 21.1 Å². The first kappa shape index (κ1) is 25.0. The molecule has 1 aliphatic heterocycles. The molecule has 4 rings (SSSR count). The Hall–Kier alpha value is -3.09. The maximum Gasteiger partial charge on any atom is 0.159 e. The number of nitriles is 1. The monoisotopic (exact) mass is 511 g/mol. The Morgan fingerprint density at radius 1 is 1.14 bits per heavy atom. The number of nitrogens with one attached hydrogen (secondary N) is 2. The standard InChI is InChI=1S/C25H27Cl2N7O/c1-16-12-19(20(14-28)17-2-4-18(26)5-3-17)21(27)13-22(16)33-25-23(29)24(31-15-32-25)30-6-7-34-8-10-35-11-9-34/h2-5,12-13,15,20H,6-11,29H2,1H3,(H2,30,31,32,33). The largest absolute Gasteiger partial charge is 0.393 e. The minimum Gasteiger partial charge on any atom is -0.393 e. The molecule has 1 aliphatic rings. The van der Waals surface area contributed by atoms with Gasteiger partial charge in [0, 0.05) is 41.9 Å². The summed E-state index contributed by atoms with van der Waals surface area (Å²) in [6, 6.07) is 13.2. The highest BCUT2D eigenvalue weighted by atomic mass is 35.5. The molecule has 3 aromatic rings. The molecule has 35 heavy (non-hydrogen) atoms. The molecular formula is C25H27Cl2N7O. The summed E-state index contributed by atoms with van der Waals surface area (Å²) in [6.45, 7) is 6.90. The first-order valence-electron chi connectivity index (χ1n) is 11.3. The van der Waals surface area contributed by atoms with E-state index in [0.717, 1.165) is 55.2 Å². The fraction of sp³-hybridized carbons (Fsp3) is 0.320. The maximum atomic E-state index is 9.84. The van der Waals surface area contributed by atoms with Gasteiger partial charge >= 0.3 is 0 Å². The van der Waals surface area contributed by atoms with Crippen LogP contribution in [0.4, 0.5) is 23.0 Å². The highest BCUT2D eigenvalue weighted by Crippen LogP contribution is 2.36. The minimum atomic E-state index is -0.515. The van der Waals surface area contributed by atoms with Gasteiger partial charge in [-0.2, -0.15) is 5.26 Å². The predicted octanol–water partition coefficient (Wildman–Crippen LogP) is 4.82. The van der Waals surface area contributed by atoms with Crippen LogP contribution in [0.1, 0.15) is 22.6 Å². The molecule has 0 bridgehead atoms. The summed E-state index contributed by atoms with van der Waals surface area (Å²) < 4.78 is 5.39. The summed E-state index contributed by atoms with van der Waals surface area (Å²) in [4.78, 5) is 10.9. The fourth-order valence-electron chi connectivity index (χ4n) is 3.96. The lowest BCUT2D eigenvalue weighted by molar-refractivity contribution is 0.0398. The summed E-state index contributed by atoms with van der Waals surface area (Å²) in [5, 5.41) is 17.5. The van der Waals surface area contributed by atoms with Crippen molar-refractivity contribution in [2.45, 2.75) is 12.8 Å². The van der Waals surface area contributed by atoms with Crippen LogP contribution < -0.4 is 16.4 Å². The molecule has 0 spiro atoms. The number of halogens is 2. The molecule has 1 unspecified atom stereocenters. The van der Waals surface area contributed by atoms with Crippen molar-refractivity contribution in [3.05, 3.63) is 69.5 Å². The van der Waals surface area contributed by atoms with Gasteiger partial charge in [-0.3, -0.25) is 4.90 Å². The average molecular weight is 512 g/mol. The smallest absolute Gasteiger partial charge is 0.159 e. The number of hydrogen-bond acceptors (Lipinski definition) is 8. The number of morpholine rings is 1.